The van der Waals surface area contributed by atoms with E-state index in [0.29, 0.717) is 68.7 Å². The van der Waals surface area contributed by atoms with Gasteiger partial charge in [0.1, 0.15) is 30.8 Å². The highest BCUT2D eigenvalue weighted by Crippen LogP contribution is 2.26. The van der Waals surface area contributed by atoms with Gasteiger partial charge in [0.2, 0.25) is 0 Å². The van der Waals surface area contributed by atoms with Crippen LogP contribution in [0.3, 0.4) is 0 Å². The topological polar surface area (TPSA) is 223 Å². The number of carbonyl (C=O) groups excluding carboxylic acids is 1. The van der Waals surface area contributed by atoms with Gasteiger partial charge < -0.3 is 24.5 Å². The zero-order valence-corrected chi connectivity index (χ0v) is 59.6. The van der Waals surface area contributed by atoms with Gasteiger partial charge in [0.15, 0.2) is 17.5 Å². The average molecular weight is 1530 g/mol. The number of carbonyl (C=O) groups is 2. The van der Waals surface area contributed by atoms with Gasteiger partial charge in [0, 0.05) is 207 Å². The molecule has 1 amide bonds. The van der Waals surface area contributed by atoms with E-state index >= 15 is 0 Å². The molecule has 4 N–H and O–H groups in total. The van der Waals surface area contributed by atoms with E-state index in [1.165, 1.54) is 46.9 Å². The van der Waals surface area contributed by atoms with Crippen molar-refractivity contribution in [1.82, 2.24) is 60.1 Å². The molecule has 0 saturated heterocycles. The van der Waals surface area contributed by atoms with Gasteiger partial charge in [-0.15, -0.1) is 20.4 Å². The maximum Gasteiger partial charge on any atom is 0.338 e. The molecule has 4 aromatic heterocycles. The molecule has 10 rings (SSSR count). The molecule has 17 nitrogen and oxygen atoms in total. The maximum absolute atomic E-state index is 14.7. The van der Waals surface area contributed by atoms with Gasteiger partial charge in [-0.2, -0.15) is 23.7 Å². The molecule has 0 aliphatic carbocycles. The second-order valence-electron chi connectivity index (χ2n) is 17.1. The molecule has 0 fully saturated rings. The van der Waals surface area contributed by atoms with Crippen LogP contribution < -0.4 is 16.4 Å². The van der Waals surface area contributed by atoms with Crippen molar-refractivity contribution in [3.63, 3.8) is 0 Å². The predicted molar refractivity (Wildman–Crippen MR) is 379 cm³/mol. The summed E-state index contributed by atoms with van der Waals surface area (Å²) in [6.07, 6.45) is 0.598. The van der Waals surface area contributed by atoms with Crippen LogP contribution in [-0.2, 0) is 204 Å². The van der Waals surface area contributed by atoms with Crippen LogP contribution >= 0.6 is 13.5 Å². The number of carboxylic acid groups (broad SMARTS) is 1. The van der Waals surface area contributed by atoms with E-state index in [9.17, 15) is 36.7 Å². The molecule has 0 saturated carbocycles. The third kappa shape index (κ3) is 20.4. The lowest BCUT2D eigenvalue weighted by atomic mass is 10.0. The number of H-pyrrole nitrogens is 2. The Hall–Kier alpha value is -3.63. The molecule has 86 heavy (non-hydrogen) atoms. The van der Waals surface area contributed by atoms with Crippen molar-refractivity contribution in [3.8, 4) is 0 Å². The van der Waals surface area contributed by atoms with Crippen molar-refractivity contribution in [2.24, 2.45) is 0 Å². The van der Waals surface area contributed by atoms with Crippen LogP contribution in [-0.4, -0.2) is 84.9 Å². The van der Waals surface area contributed by atoms with Gasteiger partial charge in [-0.3, -0.25) is 14.4 Å². The van der Waals surface area contributed by atoms with E-state index in [0.717, 1.165) is 18.4 Å². The number of fused-ring (bicyclic) bond motifs is 4. The van der Waals surface area contributed by atoms with E-state index in [1.54, 1.807) is 177 Å². The molecule has 2 aliphatic heterocycles. The Morgan fingerprint density at radius 2 is 1.01 bits per heavy atom. The number of aromatic carboxylic acids is 1. The zero-order valence-electron chi connectivity index (χ0n) is 43.9. The standard InChI is InChI=1S/C23H20F2N6O2.C16H11FN2O3.C7H11FN4.S18.H2S/c1-13-11-30(12-21-28-27-20(10-24)31(13)21)23(33)17-8-14(6-7-18(17)25)9-19-15-4-2-3-5-16(15)22(32)29-26-19;17-13-6-5-9(7-12(13)16(21)22)8-14-10-3-1-2-4-11(10)15(20)19-18-14;1-5-3-9-4-7-11-10-6(2-8)12(5)7;1-3-5-7-9-11-13-15-17-18-16-14-12-10-8-6-4-2;/h2-8,13H,9-12H2,1H3,(H,29,32);1-7H,8H2,(H,19,20)(H,21,22);5,9H,2-4H2,1H3;;1H2. The Morgan fingerprint density at radius 3 is 1.47 bits per heavy atom. The van der Waals surface area contributed by atoms with Crippen LogP contribution in [0.15, 0.2) is 94.5 Å². The SMILES string of the molecule is CC1CN(C(=O)c2cc(Cc3n[nH]c(=O)c4ccccc34)ccc2F)Cc2nnc(CF)n21.CC1CNCc2nnc(CF)n21.O=C(O)c1cc(Cc2n[nH]c(=O)c3ccccc23)ccc1F.S.S=S=S=S=S=S=S=S=S=S=S=S=S=S=S=S=S=S. The Morgan fingerprint density at radius 1 is 0.593 bits per heavy atom. The number of hydrogen-bond donors (Lipinski definition) is 4. The number of halogens is 4. The van der Waals surface area contributed by atoms with Gasteiger partial charge in [0.05, 0.1) is 52.4 Å². The maximum atomic E-state index is 14.7. The Balaban J connectivity index is 0.000000195. The van der Waals surface area contributed by atoms with Crippen molar-refractivity contribution in [2.75, 3.05) is 13.1 Å². The number of benzene rings is 4. The first-order chi connectivity index (χ1) is 41.3. The Labute approximate surface area is 549 Å². The van der Waals surface area contributed by atoms with Gasteiger partial charge in [-0.25, -0.2) is 32.6 Å². The van der Waals surface area contributed by atoms with Gasteiger partial charge >= 0.3 is 5.97 Å². The third-order valence-corrected chi connectivity index (χ3v) is 45.2. The average Bonchev–Trinajstić information content (AvgIpc) is 2.66. The van der Waals surface area contributed by atoms with Crippen molar-refractivity contribution in [3.05, 3.63) is 174 Å². The van der Waals surface area contributed by atoms with E-state index < -0.39 is 36.9 Å². The van der Waals surface area contributed by atoms with Crippen LogP contribution in [0.25, 0.3) is 21.5 Å². The predicted octanol–water partition coefficient (Wildman–Crippen LogP) is 5.76. The zero-order chi connectivity index (χ0) is 60.7. The fourth-order valence-electron chi connectivity index (χ4n) is 8.45. The molecular formula is C46H44F4N12O5S19. The number of hydrogen-bond acceptors (Lipinski definition) is 13. The van der Waals surface area contributed by atoms with Crippen LogP contribution in [0.4, 0.5) is 17.6 Å². The normalized spacial score (nSPS) is 13.4. The number of alkyl halides is 2. The number of amides is 1. The van der Waals surface area contributed by atoms with E-state index in [2.05, 4.69) is 46.1 Å². The summed E-state index contributed by atoms with van der Waals surface area (Å²) in [6, 6.07) is 22.4. The summed E-state index contributed by atoms with van der Waals surface area (Å²) < 4.78 is 57.2. The summed E-state index contributed by atoms with van der Waals surface area (Å²) in [5, 5.41) is 43.1. The molecule has 0 bridgehead atoms. The summed E-state index contributed by atoms with van der Waals surface area (Å²) >= 11 is 9.49. The van der Waals surface area contributed by atoms with Crippen LogP contribution in [0.2, 0.25) is 0 Å². The minimum atomic E-state index is -1.32. The van der Waals surface area contributed by atoms with Gasteiger partial charge in [0.25, 0.3) is 17.0 Å². The molecule has 2 atom stereocenters. The number of nitrogens with one attached hydrogen (secondary N) is 3. The first-order valence-corrected chi connectivity index (χ1v) is 46.5. The molecule has 2 unspecified atom stereocenters. The van der Waals surface area contributed by atoms with Gasteiger partial charge in [-0.1, -0.05) is 48.5 Å². The number of aromatic amines is 2. The first kappa shape index (κ1) is 71.4. The summed E-state index contributed by atoms with van der Waals surface area (Å²) in [5.74, 6) is -1.24. The van der Waals surface area contributed by atoms with E-state index in [-0.39, 0.29) is 73.2 Å². The second kappa shape index (κ2) is 37.5. The smallest absolute Gasteiger partial charge is 0.338 e. The van der Waals surface area contributed by atoms with Crippen LogP contribution in [0, 0.1) is 11.6 Å². The summed E-state index contributed by atoms with van der Waals surface area (Å²) in [4.78, 5) is 49.4. The number of nitrogens with zero attached hydrogens (tertiary/aromatic N) is 9. The Kier molecular flexibility index (Phi) is 31.2. The molecule has 0 spiro atoms. The summed E-state index contributed by atoms with van der Waals surface area (Å²) in [6.45, 7) is 4.55. The lowest BCUT2D eigenvalue weighted by Crippen LogP contribution is -2.41. The molecule has 4 aromatic carbocycles. The lowest BCUT2D eigenvalue weighted by Gasteiger charge is -2.32. The van der Waals surface area contributed by atoms with Crippen LogP contribution in [0.1, 0.15) is 92.5 Å². The van der Waals surface area contributed by atoms with Crippen LogP contribution in [0.5, 0.6) is 0 Å². The highest BCUT2D eigenvalue weighted by Gasteiger charge is 2.31. The Bertz CT molecular complexity index is 4630. The highest BCUT2D eigenvalue weighted by atomic mass is 33.5. The number of carboxylic acids is 1. The van der Waals surface area contributed by atoms with Crippen molar-refractivity contribution < 1.29 is 32.3 Å². The number of rotatable bonds is 8. The minimum Gasteiger partial charge on any atom is -0.478 e. The molecule has 2 aliphatic rings. The monoisotopic (exact) mass is 1530 g/mol. The molecule has 8 aromatic rings. The van der Waals surface area contributed by atoms with Gasteiger partial charge in [-0.05, 0) is 61.4 Å². The third-order valence-electron chi connectivity index (χ3n) is 11.9. The van der Waals surface area contributed by atoms with Crippen molar-refractivity contribution in [2.45, 2.75) is 65.2 Å². The van der Waals surface area contributed by atoms with E-state index in [1.807, 2.05) is 24.5 Å². The first-order valence-electron chi connectivity index (χ1n) is 23.9. The van der Waals surface area contributed by atoms with Crippen molar-refractivity contribution >= 4 is 211 Å². The molecule has 0 radical (unpaired) electrons. The fraction of sp³-hybridized carbons (Fsp3) is 0.261. The van der Waals surface area contributed by atoms with E-state index in [4.69, 9.17) is 27.5 Å². The molecule has 40 heteroatoms. The highest BCUT2D eigenvalue weighted by molar-refractivity contribution is 8.77. The second-order valence-corrected chi connectivity index (χ2v) is 45.4. The summed E-state index contributed by atoms with van der Waals surface area (Å²) in [5.41, 5.74) is 1.48. The largest absolute Gasteiger partial charge is 0.478 e. The minimum absolute atomic E-state index is 0. The lowest BCUT2D eigenvalue weighted by molar-refractivity contribution is 0.0670. The molecule has 460 valence electrons. The molecular weight excluding hydrogens is 1490 g/mol. The molecule has 6 heterocycles. The van der Waals surface area contributed by atoms with Crippen molar-refractivity contribution in [1.29, 1.82) is 0 Å². The summed E-state index contributed by atoms with van der Waals surface area (Å²) in [7, 11) is 27.2. The quantitative estimate of drug-likeness (QED) is 0.133. The number of aromatic nitrogens is 10. The fourth-order valence-corrected chi connectivity index (χ4v) is 46.9.